The summed E-state index contributed by atoms with van der Waals surface area (Å²) < 4.78 is 0. The van der Waals surface area contributed by atoms with Gasteiger partial charge in [0, 0.05) is 22.3 Å². The fourth-order valence-corrected chi connectivity index (χ4v) is 24.9. The van der Waals surface area contributed by atoms with Crippen molar-refractivity contribution in [3.05, 3.63) is 210 Å². The van der Waals surface area contributed by atoms with Crippen LogP contribution in [0.5, 0.6) is 0 Å². The normalized spacial score (nSPS) is 12.3. The fraction of sp³-hybridized carbons (Fsp3) is 0.571. The second kappa shape index (κ2) is 67.5. The fourth-order valence-electron chi connectivity index (χ4n) is 24.9. The molecule has 0 N–H and O–H groups in total. The number of fused-ring (bicyclic) bond motifs is 16. The van der Waals surface area contributed by atoms with Crippen LogP contribution in [-0.4, -0.2) is 19.9 Å². The van der Waals surface area contributed by atoms with Crippen molar-refractivity contribution in [3.63, 3.8) is 0 Å². The van der Waals surface area contributed by atoms with Gasteiger partial charge in [-0.15, -0.1) is 44.1 Å². The summed E-state index contributed by atoms with van der Waals surface area (Å²) in [5.74, 6) is 9.47. The van der Waals surface area contributed by atoms with Gasteiger partial charge in [-0.1, -0.05) is 494 Å². The molecule has 0 atom stereocenters. The molecule has 9 aromatic rings. The second-order valence-corrected chi connectivity index (χ2v) is 45.2. The molecule has 798 valence electrons. The maximum atomic E-state index is 6.05. The van der Waals surface area contributed by atoms with Gasteiger partial charge in [-0.2, -0.15) is 0 Å². The first-order valence-corrected chi connectivity index (χ1v) is 61.8. The zero-order valence-electron chi connectivity index (χ0n) is 96.9. The van der Waals surface area contributed by atoms with Crippen molar-refractivity contribution in [2.45, 2.75) is 518 Å². The van der Waals surface area contributed by atoms with Crippen LogP contribution in [0.3, 0.4) is 0 Å². The van der Waals surface area contributed by atoms with Gasteiger partial charge in [-0.05, 0) is 260 Å². The molecule has 4 aliphatic heterocycles. The molecule has 0 radical (unpaired) electrons. The Hall–Kier alpha value is -8.33. The first-order chi connectivity index (χ1) is 72.8. The van der Waals surface area contributed by atoms with Crippen molar-refractivity contribution >= 4 is 92.7 Å². The molecule has 0 unspecified atom stereocenters. The SMILES string of the molecule is CCCCCCC(CCCCCC)c1cc(C)c(-c2c3ccc([n-]3)c(C(CCCCCC)CCCCCC)c3nc([13c](-c4ccc(C#Cc5ccc(-[13c]6c7nc(c(C(CCCCCC)CCCCCC)c8ccc([n-]8)c(C(CCCCCC)CCCCCC)c8ccc([n-]8)c(C(CCCCCC)CCCCCC)c8nc6C=C8)C=C7)cc5)cc4)c4nc(c(C(CCCCCC)CCCCCC)c5ccc2[n-]5)C=C4)C=C3)c(C)c1.[Zn+2].[Zn+2]. The second-order valence-electron chi connectivity index (χ2n) is 45.2. The van der Waals surface area contributed by atoms with Gasteiger partial charge in [0.25, 0.3) is 0 Å². The molecule has 0 spiro atoms. The van der Waals surface area contributed by atoms with Crippen LogP contribution in [0.25, 0.3) is 126 Å². The molecular weight excluding hydrogens is 1930 g/mol. The Morgan fingerprint density at radius 2 is 0.380 bits per heavy atom. The van der Waals surface area contributed by atoms with Crippen LogP contribution in [0.15, 0.2) is 109 Å². The minimum atomic E-state index is 0. The monoisotopic (exact) mass is 2120 g/mol. The number of nitrogens with zero attached hydrogens (tertiary/aromatic N) is 8. The third-order valence-electron chi connectivity index (χ3n) is 33.3. The zero-order valence-corrected chi connectivity index (χ0v) is 103. The van der Waals surface area contributed by atoms with Crippen molar-refractivity contribution in [2.24, 2.45) is 0 Å². The van der Waals surface area contributed by atoms with Gasteiger partial charge in [0.05, 0.1) is 45.6 Å². The van der Waals surface area contributed by atoms with E-state index < -0.39 is 0 Å². The summed E-state index contributed by atoms with van der Waals surface area (Å²) >= 11 is 0. The first-order valence-electron chi connectivity index (χ1n) is 61.8. The Kier molecular flexibility index (Phi) is 54.8. The first kappa shape index (κ1) is 122. The van der Waals surface area contributed by atoms with Gasteiger partial charge in [-0.25, -0.2) is 19.9 Å². The van der Waals surface area contributed by atoms with Crippen LogP contribution in [0, 0.1) is 25.7 Å². The van der Waals surface area contributed by atoms with E-state index in [2.05, 4.69) is 267 Å². The van der Waals surface area contributed by atoms with Gasteiger partial charge < -0.3 is 19.9 Å². The quantitative estimate of drug-likeness (QED) is 0.0211. The molecule has 0 amide bonds. The standard InChI is InChI=1S/C140H194N8.2Zn/c1-15-27-39-51-63-107(64-52-40-28-16-2)115-101-103(13)132(104(14)102-115)140-130-99-97-124(147-130)136(111(71-59-47-35-23-9)72-60-48-36-24-10)122-91-95-128(145-122)139(129-96-92-123(146-129)137(125-98-100-131(140)148-125)112(73-61-49-37-25-11)74-62-50-38-26-12)114-83-79-106(80-84-114)76-75-105-77-81-113(82-78-105)138-126-93-89-120(143-126)134(109(67-55-43-31-19-5)68-56-44-32-20-6)118-87-85-116(141-118)133(108(65-53-41-29-17-3)66-54-42-30-18-4)117-86-88-119(142-117)135(121-90-94-127(138)144-121)110(69-57-45-33-21-7)70-58-46-34-22-8;;/h77-102,107-112H,15-74H2,1-14H3;;/q-4;2*+2/i138+1,139+1;;. The molecule has 0 aliphatic carbocycles. The molecule has 8 nitrogen and oxygen atoms in total. The molecular formula is C140H194N8Zn2. The average molecular weight is 2120 g/mol. The molecule has 13 rings (SSSR count). The Balaban J connectivity index is 0.0000107. The molecule has 6 aromatic heterocycles. The summed E-state index contributed by atoms with van der Waals surface area (Å²) in [6.07, 6.45) is 91.7. The van der Waals surface area contributed by atoms with Crippen LogP contribution in [-0.2, 0) is 39.0 Å². The molecule has 10 heteroatoms. The van der Waals surface area contributed by atoms with Crippen LogP contribution in [0.2, 0.25) is 0 Å². The van der Waals surface area contributed by atoms with E-state index >= 15 is 0 Å². The van der Waals surface area contributed by atoms with Crippen molar-refractivity contribution in [1.29, 1.82) is 0 Å². The van der Waals surface area contributed by atoms with Crippen LogP contribution in [0.4, 0.5) is 0 Å². The van der Waals surface area contributed by atoms with Crippen LogP contribution in [0.1, 0.15) is 605 Å². The van der Waals surface area contributed by atoms with Crippen molar-refractivity contribution in [2.75, 3.05) is 0 Å². The molecule has 4 aliphatic rings. The largest absolute Gasteiger partial charge is 2.00 e. The summed E-state index contributed by atoms with van der Waals surface area (Å²) in [6.45, 7) is 32.9. The minimum absolute atomic E-state index is 0. The van der Waals surface area contributed by atoms with E-state index in [-0.39, 0.29) is 50.8 Å². The van der Waals surface area contributed by atoms with E-state index in [0.717, 1.165) is 193 Å². The number of hydrogen-bond acceptors (Lipinski definition) is 4. The summed E-state index contributed by atoms with van der Waals surface area (Å²) in [5.41, 5.74) is 35.7. The Labute approximate surface area is 937 Å². The molecule has 0 fully saturated rings. The maximum absolute atomic E-state index is 6.05. The summed E-state index contributed by atoms with van der Waals surface area (Å²) in [6, 6.07) is 42.4. The predicted octanol–water partition coefficient (Wildman–Crippen LogP) is 43.3. The van der Waals surface area contributed by atoms with E-state index in [1.807, 2.05) is 0 Å². The zero-order chi connectivity index (χ0) is 104. The topological polar surface area (TPSA) is 108 Å². The molecule has 150 heavy (non-hydrogen) atoms. The number of unbranched alkanes of at least 4 members (excludes halogenated alkanes) is 36. The average Bonchev–Trinajstić information content (AvgIpc) is 1.60. The van der Waals surface area contributed by atoms with Crippen molar-refractivity contribution < 1.29 is 39.0 Å². The third-order valence-corrected chi connectivity index (χ3v) is 33.3. The number of aryl methyl sites for hydroxylation is 2. The van der Waals surface area contributed by atoms with Crippen molar-refractivity contribution in [3.8, 4) is 45.2 Å². The third kappa shape index (κ3) is 35.1. The van der Waals surface area contributed by atoms with E-state index in [9.17, 15) is 0 Å². The summed E-state index contributed by atoms with van der Waals surface area (Å²) in [4.78, 5) is 48.2. The Morgan fingerprint density at radius 1 is 0.193 bits per heavy atom. The van der Waals surface area contributed by atoms with Gasteiger partial charge in [0.2, 0.25) is 0 Å². The van der Waals surface area contributed by atoms with Gasteiger partial charge in [0.1, 0.15) is 0 Å². The van der Waals surface area contributed by atoms with Crippen molar-refractivity contribution in [1.82, 2.24) is 39.9 Å². The van der Waals surface area contributed by atoms with Crippen LogP contribution >= 0.6 is 0 Å². The smallest absolute Gasteiger partial charge is 0.657 e. The summed E-state index contributed by atoms with van der Waals surface area (Å²) in [5, 5.41) is 0. The number of benzene rings is 3. The van der Waals surface area contributed by atoms with E-state index in [1.165, 1.54) is 371 Å². The molecule has 0 saturated carbocycles. The predicted molar refractivity (Wildman–Crippen MR) is 647 cm³/mol. The summed E-state index contributed by atoms with van der Waals surface area (Å²) in [7, 11) is 0. The Morgan fingerprint density at radius 3 is 0.600 bits per heavy atom. The van der Waals surface area contributed by atoms with E-state index in [1.54, 1.807) is 0 Å². The molecule has 10 heterocycles. The minimum Gasteiger partial charge on any atom is -0.657 e. The number of rotatable bonds is 69. The molecule has 16 bridgehead atoms. The Bertz CT molecular complexity index is 5730. The maximum Gasteiger partial charge on any atom is 2.00 e. The van der Waals surface area contributed by atoms with E-state index in [4.69, 9.17) is 39.9 Å². The van der Waals surface area contributed by atoms with E-state index in [0.29, 0.717) is 23.7 Å². The molecule has 3 aromatic carbocycles. The van der Waals surface area contributed by atoms with Gasteiger partial charge in [-0.3, -0.25) is 0 Å². The van der Waals surface area contributed by atoms with Gasteiger partial charge >= 0.3 is 39.0 Å². The molecule has 0 saturated heterocycles. The number of hydrogen-bond donors (Lipinski definition) is 0. The number of aromatic nitrogens is 8. The van der Waals surface area contributed by atoms with Gasteiger partial charge in [0.15, 0.2) is 0 Å². The van der Waals surface area contributed by atoms with Crippen LogP contribution < -0.4 is 19.9 Å².